The van der Waals surface area contributed by atoms with Crippen molar-refractivity contribution in [2.24, 2.45) is 0 Å². The average molecular weight is 385 g/mol. The molecule has 5 nitrogen and oxygen atoms in total. The predicted octanol–water partition coefficient (Wildman–Crippen LogP) is 4.80. The monoisotopic (exact) mass is 385 g/mol. The maximum atomic E-state index is 9.33. The topological polar surface area (TPSA) is 67.4 Å². The summed E-state index contributed by atoms with van der Waals surface area (Å²) in [7, 11) is 0. The zero-order valence-electron chi connectivity index (χ0n) is 16.2. The minimum Gasteiger partial charge on any atom is -0.285 e. The highest BCUT2D eigenvalue weighted by Gasteiger charge is 2.16. The SMILES string of the molecule is C#Cc1nc2cnc3ccc(-c4cccnc4C)cc3c2n1-c1cccc(C#N)c1. The summed E-state index contributed by atoms with van der Waals surface area (Å²) in [5.74, 6) is 3.14. The summed E-state index contributed by atoms with van der Waals surface area (Å²) < 4.78 is 1.92. The van der Waals surface area contributed by atoms with Crippen LogP contribution in [-0.2, 0) is 0 Å². The van der Waals surface area contributed by atoms with Crippen LogP contribution in [-0.4, -0.2) is 19.5 Å². The van der Waals surface area contributed by atoms with E-state index in [9.17, 15) is 5.26 Å². The van der Waals surface area contributed by atoms with E-state index in [-0.39, 0.29) is 0 Å². The minimum atomic E-state index is 0.470. The molecule has 0 amide bonds. The molecule has 0 bridgehead atoms. The molecule has 2 aromatic carbocycles. The van der Waals surface area contributed by atoms with Crippen LogP contribution in [0.25, 0.3) is 38.8 Å². The summed E-state index contributed by atoms with van der Waals surface area (Å²) in [5, 5.41) is 10.3. The van der Waals surface area contributed by atoms with Crippen LogP contribution >= 0.6 is 0 Å². The standard InChI is InChI=1S/C25H15N5/c1-3-24-29-23-15-28-22-10-9-18(20-8-5-11-27-16(20)2)13-21(22)25(23)30(24)19-7-4-6-17(12-19)14-26/h1,4-13,15H,2H3. The average Bonchev–Trinajstić information content (AvgIpc) is 3.18. The number of hydrogen-bond donors (Lipinski definition) is 0. The zero-order valence-corrected chi connectivity index (χ0v) is 16.2. The highest BCUT2D eigenvalue weighted by molar-refractivity contribution is 6.05. The van der Waals surface area contributed by atoms with Crippen LogP contribution in [0.15, 0.2) is 67.0 Å². The van der Waals surface area contributed by atoms with Crippen molar-refractivity contribution in [3.63, 3.8) is 0 Å². The van der Waals surface area contributed by atoms with Crippen molar-refractivity contribution in [1.29, 1.82) is 5.26 Å². The Labute approximate surface area is 173 Å². The van der Waals surface area contributed by atoms with Crippen LogP contribution in [0.4, 0.5) is 0 Å². The molecule has 0 unspecified atom stereocenters. The van der Waals surface area contributed by atoms with Gasteiger partial charge in [-0.15, -0.1) is 6.42 Å². The number of aromatic nitrogens is 4. The Hall–Kier alpha value is -4.48. The number of aryl methyl sites for hydroxylation is 1. The second kappa shape index (κ2) is 6.84. The Morgan fingerprint density at radius 2 is 1.90 bits per heavy atom. The third-order valence-corrected chi connectivity index (χ3v) is 5.16. The molecule has 0 saturated carbocycles. The second-order valence-corrected chi connectivity index (χ2v) is 6.94. The van der Waals surface area contributed by atoms with Crippen LogP contribution in [0.3, 0.4) is 0 Å². The van der Waals surface area contributed by atoms with Crippen LogP contribution in [0, 0.1) is 30.6 Å². The van der Waals surface area contributed by atoms with Crippen molar-refractivity contribution in [2.75, 3.05) is 0 Å². The maximum absolute atomic E-state index is 9.33. The van der Waals surface area contributed by atoms with Gasteiger partial charge >= 0.3 is 0 Å². The van der Waals surface area contributed by atoms with Crippen molar-refractivity contribution in [3.05, 3.63) is 84.1 Å². The molecule has 0 aliphatic rings. The largest absolute Gasteiger partial charge is 0.285 e. The summed E-state index contributed by atoms with van der Waals surface area (Å²) in [5.41, 5.74) is 6.83. The van der Waals surface area contributed by atoms with Gasteiger partial charge in [-0.2, -0.15) is 5.26 Å². The molecule has 3 aromatic heterocycles. The van der Waals surface area contributed by atoms with E-state index in [2.05, 4.69) is 39.1 Å². The fraction of sp³-hybridized carbons (Fsp3) is 0.0400. The molecule has 0 N–H and O–H groups in total. The Morgan fingerprint density at radius 1 is 1.00 bits per heavy atom. The molecule has 0 radical (unpaired) electrons. The zero-order chi connectivity index (χ0) is 20.7. The molecule has 0 spiro atoms. The molecule has 0 fully saturated rings. The lowest BCUT2D eigenvalue weighted by Crippen LogP contribution is -1.99. The quantitative estimate of drug-likeness (QED) is 0.410. The molecule has 0 saturated heterocycles. The first-order valence-corrected chi connectivity index (χ1v) is 9.40. The van der Waals surface area contributed by atoms with Crippen LogP contribution in [0.5, 0.6) is 0 Å². The van der Waals surface area contributed by atoms with E-state index in [1.54, 1.807) is 18.5 Å². The van der Waals surface area contributed by atoms with Gasteiger partial charge in [-0.3, -0.25) is 14.5 Å². The van der Waals surface area contributed by atoms with Crippen LogP contribution < -0.4 is 0 Å². The Balaban J connectivity index is 1.88. The van der Waals surface area contributed by atoms with Gasteiger partial charge in [0, 0.05) is 28.5 Å². The fourth-order valence-electron chi connectivity index (χ4n) is 3.77. The summed E-state index contributed by atoms with van der Waals surface area (Å²) in [6, 6.07) is 19.6. The van der Waals surface area contributed by atoms with E-state index in [1.165, 1.54) is 0 Å². The van der Waals surface area contributed by atoms with E-state index in [4.69, 9.17) is 6.42 Å². The summed E-state index contributed by atoms with van der Waals surface area (Å²) in [4.78, 5) is 13.6. The molecular weight excluding hydrogens is 370 g/mol. The first kappa shape index (κ1) is 17.6. The minimum absolute atomic E-state index is 0.470. The van der Waals surface area contributed by atoms with E-state index < -0.39 is 0 Å². The number of pyridine rings is 2. The number of nitrogens with zero attached hydrogens (tertiary/aromatic N) is 5. The van der Waals surface area contributed by atoms with Crippen molar-refractivity contribution in [3.8, 4) is 35.2 Å². The maximum Gasteiger partial charge on any atom is 0.190 e. The first-order valence-electron chi connectivity index (χ1n) is 9.40. The van der Waals surface area contributed by atoms with E-state index in [0.29, 0.717) is 16.9 Å². The lowest BCUT2D eigenvalue weighted by atomic mass is 10.0. The van der Waals surface area contributed by atoms with Crippen LogP contribution in [0.2, 0.25) is 0 Å². The number of rotatable bonds is 2. The van der Waals surface area contributed by atoms with Gasteiger partial charge in [-0.25, -0.2) is 4.98 Å². The molecule has 0 aliphatic heterocycles. The van der Waals surface area contributed by atoms with Gasteiger partial charge in [0.1, 0.15) is 5.52 Å². The van der Waals surface area contributed by atoms with Gasteiger partial charge in [-0.1, -0.05) is 18.2 Å². The van der Waals surface area contributed by atoms with Crippen molar-refractivity contribution < 1.29 is 0 Å². The molecule has 0 aliphatic carbocycles. The molecule has 0 atom stereocenters. The fourth-order valence-corrected chi connectivity index (χ4v) is 3.77. The van der Waals surface area contributed by atoms with Crippen molar-refractivity contribution in [1.82, 2.24) is 19.5 Å². The smallest absolute Gasteiger partial charge is 0.190 e. The van der Waals surface area contributed by atoms with Gasteiger partial charge in [0.15, 0.2) is 5.82 Å². The Morgan fingerprint density at radius 3 is 2.70 bits per heavy atom. The molecule has 5 aromatic rings. The third kappa shape index (κ3) is 2.70. The Bertz CT molecular complexity index is 1530. The number of benzene rings is 2. The van der Waals surface area contributed by atoms with Gasteiger partial charge in [0.05, 0.1) is 28.9 Å². The summed E-state index contributed by atoms with van der Waals surface area (Å²) in [6.45, 7) is 1.99. The normalized spacial score (nSPS) is 10.8. The number of hydrogen-bond acceptors (Lipinski definition) is 4. The predicted molar refractivity (Wildman–Crippen MR) is 117 cm³/mol. The highest BCUT2D eigenvalue weighted by atomic mass is 15.1. The van der Waals surface area contributed by atoms with Crippen LogP contribution in [0.1, 0.15) is 17.1 Å². The number of nitriles is 1. The Kier molecular flexibility index (Phi) is 4.02. The van der Waals surface area contributed by atoms with Gasteiger partial charge in [0.2, 0.25) is 0 Å². The van der Waals surface area contributed by atoms with E-state index >= 15 is 0 Å². The molecule has 5 heteroatoms. The number of fused-ring (bicyclic) bond motifs is 3. The highest BCUT2D eigenvalue weighted by Crippen LogP contribution is 2.32. The molecule has 3 heterocycles. The van der Waals surface area contributed by atoms with Crippen molar-refractivity contribution >= 4 is 21.9 Å². The lowest BCUT2D eigenvalue weighted by molar-refractivity contribution is 1.06. The third-order valence-electron chi connectivity index (χ3n) is 5.16. The van der Waals surface area contributed by atoms with Gasteiger partial charge < -0.3 is 0 Å². The van der Waals surface area contributed by atoms with E-state index in [0.717, 1.165) is 38.9 Å². The molecular formula is C25H15N5. The molecule has 30 heavy (non-hydrogen) atoms. The first-order chi connectivity index (χ1) is 14.7. The molecule has 140 valence electrons. The molecule has 5 rings (SSSR count). The van der Waals surface area contributed by atoms with Crippen molar-refractivity contribution in [2.45, 2.75) is 6.92 Å². The van der Waals surface area contributed by atoms with Gasteiger partial charge in [0.25, 0.3) is 0 Å². The van der Waals surface area contributed by atoms with Gasteiger partial charge in [-0.05, 0) is 54.8 Å². The summed E-state index contributed by atoms with van der Waals surface area (Å²) in [6.07, 6.45) is 9.30. The second-order valence-electron chi connectivity index (χ2n) is 6.94. The van der Waals surface area contributed by atoms with E-state index in [1.807, 2.05) is 47.9 Å². The number of imidazole rings is 1. The summed E-state index contributed by atoms with van der Waals surface area (Å²) >= 11 is 0. The number of terminal acetylenes is 1. The lowest BCUT2D eigenvalue weighted by Gasteiger charge is -2.10.